The second-order valence-corrected chi connectivity index (χ2v) is 4.58. The summed E-state index contributed by atoms with van der Waals surface area (Å²) in [7, 11) is 0. The van der Waals surface area contributed by atoms with Crippen LogP contribution in [0.5, 0.6) is 5.75 Å². The molecular formula is C15H18N2O2S. The molecule has 0 radical (unpaired) electrons. The van der Waals surface area contributed by atoms with Gasteiger partial charge in [0.2, 0.25) is 0 Å². The molecule has 0 aliphatic carbocycles. The summed E-state index contributed by atoms with van der Waals surface area (Å²) in [5.41, 5.74) is 2.19. The highest BCUT2D eigenvalue weighted by Gasteiger charge is 2.11. The molecule has 0 amide bonds. The molecule has 0 saturated heterocycles. The molecule has 0 atom stereocenters. The fourth-order valence-corrected chi connectivity index (χ4v) is 2.24. The van der Waals surface area contributed by atoms with Gasteiger partial charge >= 0.3 is 0 Å². The molecule has 0 fully saturated rings. The number of ether oxygens (including phenoxy) is 1. The maximum atomic E-state index is 12.0. The molecule has 0 aliphatic rings. The van der Waals surface area contributed by atoms with Crippen molar-refractivity contribution in [3.8, 4) is 17.0 Å². The van der Waals surface area contributed by atoms with Gasteiger partial charge < -0.3 is 4.74 Å². The van der Waals surface area contributed by atoms with Crippen LogP contribution >= 0.6 is 12.6 Å². The van der Waals surface area contributed by atoms with Gasteiger partial charge in [-0.1, -0.05) is 12.1 Å². The van der Waals surface area contributed by atoms with E-state index < -0.39 is 0 Å². The Hall–Kier alpha value is -1.75. The summed E-state index contributed by atoms with van der Waals surface area (Å²) >= 11 is 4.22. The number of hydrogen-bond acceptors (Lipinski definition) is 4. The van der Waals surface area contributed by atoms with Crippen LogP contribution in [0.15, 0.2) is 35.1 Å². The van der Waals surface area contributed by atoms with Gasteiger partial charge in [0.15, 0.2) is 0 Å². The van der Waals surface area contributed by atoms with Gasteiger partial charge in [-0.15, -0.1) is 0 Å². The van der Waals surface area contributed by atoms with Crippen LogP contribution in [0, 0.1) is 0 Å². The summed E-state index contributed by atoms with van der Waals surface area (Å²) in [5, 5.41) is 4.40. The molecule has 1 aromatic carbocycles. The average Bonchev–Trinajstić information content (AvgIpc) is 2.48. The van der Waals surface area contributed by atoms with Crippen molar-refractivity contribution in [2.45, 2.75) is 26.1 Å². The van der Waals surface area contributed by atoms with E-state index in [1.165, 1.54) is 4.68 Å². The van der Waals surface area contributed by atoms with Crippen LogP contribution in [0.3, 0.4) is 0 Å². The molecule has 1 heterocycles. The van der Waals surface area contributed by atoms with Gasteiger partial charge in [-0.3, -0.25) is 4.79 Å². The van der Waals surface area contributed by atoms with E-state index in [2.05, 4.69) is 17.7 Å². The lowest BCUT2D eigenvalue weighted by Crippen LogP contribution is -2.25. The molecule has 2 aromatic rings. The summed E-state index contributed by atoms with van der Waals surface area (Å²) in [6.45, 7) is 4.96. The second-order valence-electron chi connectivity index (χ2n) is 4.26. The normalized spacial score (nSPS) is 10.6. The number of rotatable bonds is 5. The monoisotopic (exact) mass is 290 g/mol. The summed E-state index contributed by atoms with van der Waals surface area (Å²) in [4.78, 5) is 12.0. The van der Waals surface area contributed by atoms with Crippen LogP contribution in [-0.2, 0) is 12.3 Å². The molecule has 2 rings (SSSR count). The zero-order valence-electron chi connectivity index (χ0n) is 11.7. The van der Waals surface area contributed by atoms with E-state index in [4.69, 9.17) is 4.74 Å². The smallest absolute Gasteiger partial charge is 0.270 e. The first-order valence-corrected chi connectivity index (χ1v) is 7.28. The van der Waals surface area contributed by atoms with Gasteiger partial charge in [0.05, 0.1) is 12.3 Å². The molecule has 0 unspecified atom stereocenters. The Morgan fingerprint density at radius 3 is 2.70 bits per heavy atom. The Bertz CT molecular complexity index is 624. The van der Waals surface area contributed by atoms with Gasteiger partial charge in [-0.25, -0.2) is 4.68 Å². The van der Waals surface area contributed by atoms with Crippen LogP contribution in [0.2, 0.25) is 0 Å². The maximum Gasteiger partial charge on any atom is 0.270 e. The van der Waals surface area contributed by atoms with E-state index in [1.54, 1.807) is 6.07 Å². The Morgan fingerprint density at radius 2 is 2.05 bits per heavy atom. The quantitative estimate of drug-likeness (QED) is 0.861. The van der Waals surface area contributed by atoms with Gasteiger partial charge in [0.1, 0.15) is 5.75 Å². The maximum absolute atomic E-state index is 12.0. The third kappa shape index (κ3) is 2.88. The summed E-state index contributed by atoms with van der Waals surface area (Å²) in [5.74, 6) is 1.17. The third-order valence-corrected chi connectivity index (χ3v) is 3.32. The lowest BCUT2D eigenvalue weighted by Gasteiger charge is -2.12. The predicted octanol–water partition coefficient (Wildman–Crippen LogP) is 2.76. The Morgan fingerprint density at radius 1 is 1.30 bits per heavy atom. The molecule has 0 bridgehead atoms. The molecule has 0 aliphatic heterocycles. The van der Waals surface area contributed by atoms with E-state index in [-0.39, 0.29) is 5.56 Å². The largest absolute Gasteiger partial charge is 0.493 e. The molecule has 20 heavy (non-hydrogen) atoms. The Kier molecular flexibility index (Phi) is 4.84. The molecule has 106 valence electrons. The average molecular weight is 290 g/mol. The molecule has 4 nitrogen and oxygen atoms in total. The molecule has 1 aromatic heterocycles. The fraction of sp³-hybridized carbons (Fsp3) is 0.333. The van der Waals surface area contributed by atoms with E-state index >= 15 is 0 Å². The van der Waals surface area contributed by atoms with Gasteiger partial charge in [0.25, 0.3) is 5.56 Å². The minimum Gasteiger partial charge on any atom is -0.493 e. The zero-order chi connectivity index (χ0) is 14.5. The number of para-hydroxylation sites is 1. The van der Waals surface area contributed by atoms with Gasteiger partial charge in [0, 0.05) is 23.4 Å². The highest BCUT2D eigenvalue weighted by Crippen LogP contribution is 2.28. The standard InChI is InChI=1S/C15H18N2O2S/c1-3-17-15(18)11(10-20)9-13(16-17)12-7-5-6-8-14(12)19-4-2/h5-9,20H,3-4,10H2,1-2H3. The van der Waals surface area contributed by atoms with Crippen molar-refractivity contribution in [1.29, 1.82) is 0 Å². The highest BCUT2D eigenvalue weighted by molar-refractivity contribution is 7.79. The number of nitrogens with zero attached hydrogens (tertiary/aromatic N) is 2. The molecule has 5 heteroatoms. The Labute approximate surface area is 123 Å². The van der Waals surface area contributed by atoms with Crippen LogP contribution in [0.4, 0.5) is 0 Å². The van der Waals surface area contributed by atoms with Gasteiger partial charge in [-0.05, 0) is 32.0 Å². The Balaban J connectivity index is 2.61. The molecular weight excluding hydrogens is 272 g/mol. The van der Waals surface area contributed by atoms with Crippen LogP contribution in [-0.4, -0.2) is 16.4 Å². The van der Waals surface area contributed by atoms with E-state index in [1.807, 2.05) is 38.1 Å². The molecule has 0 N–H and O–H groups in total. The summed E-state index contributed by atoms with van der Waals surface area (Å²) in [6.07, 6.45) is 0. The number of benzene rings is 1. The van der Waals surface area contributed by atoms with E-state index in [0.29, 0.717) is 24.5 Å². The van der Waals surface area contributed by atoms with Crippen molar-refractivity contribution < 1.29 is 4.74 Å². The highest BCUT2D eigenvalue weighted by atomic mass is 32.1. The van der Waals surface area contributed by atoms with Crippen LogP contribution < -0.4 is 10.3 Å². The number of thiol groups is 1. The van der Waals surface area contributed by atoms with Crippen molar-refractivity contribution in [1.82, 2.24) is 9.78 Å². The minimum atomic E-state index is -0.0832. The summed E-state index contributed by atoms with van der Waals surface area (Å²) < 4.78 is 7.08. The number of hydrogen-bond donors (Lipinski definition) is 1. The van der Waals surface area contributed by atoms with E-state index in [9.17, 15) is 4.79 Å². The third-order valence-electron chi connectivity index (χ3n) is 2.98. The van der Waals surface area contributed by atoms with Crippen LogP contribution in [0.25, 0.3) is 11.3 Å². The number of aryl methyl sites for hydroxylation is 1. The minimum absolute atomic E-state index is 0.0832. The summed E-state index contributed by atoms with van der Waals surface area (Å²) in [6, 6.07) is 9.49. The lowest BCUT2D eigenvalue weighted by atomic mass is 10.1. The van der Waals surface area contributed by atoms with Crippen molar-refractivity contribution >= 4 is 12.6 Å². The van der Waals surface area contributed by atoms with E-state index in [0.717, 1.165) is 17.0 Å². The molecule has 0 saturated carbocycles. The van der Waals surface area contributed by atoms with Crippen molar-refractivity contribution in [2.24, 2.45) is 0 Å². The number of aromatic nitrogens is 2. The first kappa shape index (κ1) is 14.7. The van der Waals surface area contributed by atoms with Crippen molar-refractivity contribution in [3.05, 3.63) is 46.2 Å². The van der Waals surface area contributed by atoms with Gasteiger partial charge in [-0.2, -0.15) is 17.7 Å². The fourth-order valence-electron chi connectivity index (χ4n) is 2.02. The lowest BCUT2D eigenvalue weighted by molar-refractivity contribution is 0.341. The SMILES string of the molecule is CCOc1ccccc1-c1cc(CS)c(=O)n(CC)n1. The first-order chi connectivity index (χ1) is 9.71. The first-order valence-electron chi connectivity index (χ1n) is 6.65. The predicted molar refractivity (Wildman–Crippen MR) is 83.5 cm³/mol. The molecule has 0 spiro atoms. The van der Waals surface area contributed by atoms with Crippen molar-refractivity contribution in [2.75, 3.05) is 6.61 Å². The van der Waals surface area contributed by atoms with Crippen molar-refractivity contribution in [3.63, 3.8) is 0 Å². The zero-order valence-corrected chi connectivity index (χ0v) is 12.6. The topological polar surface area (TPSA) is 44.1 Å². The van der Waals surface area contributed by atoms with Crippen LogP contribution in [0.1, 0.15) is 19.4 Å². The second kappa shape index (κ2) is 6.61.